The quantitative estimate of drug-likeness (QED) is 0.588. The van der Waals surface area contributed by atoms with Gasteiger partial charge in [0.2, 0.25) is 0 Å². The predicted octanol–water partition coefficient (Wildman–Crippen LogP) is 3.16. The summed E-state index contributed by atoms with van der Waals surface area (Å²) in [5.74, 6) is -0.705. The molecule has 0 aliphatic carbocycles. The molecule has 1 atom stereocenters. The number of ether oxygens (including phenoxy) is 1. The van der Waals surface area contributed by atoms with Crippen LogP contribution in [0.2, 0.25) is 0 Å². The molecule has 1 aliphatic heterocycles. The average Bonchev–Trinajstić information content (AvgIpc) is 3.36. The zero-order valence-electron chi connectivity index (χ0n) is 15.4. The number of nitriles is 1. The first-order chi connectivity index (χ1) is 13.5. The molecule has 1 aliphatic rings. The Morgan fingerprint density at radius 2 is 2.18 bits per heavy atom. The second kappa shape index (κ2) is 8.55. The number of benzene rings is 1. The zero-order valence-corrected chi connectivity index (χ0v) is 15.4. The summed E-state index contributed by atoms with van der Waals surface area (Å²) in [4.78, 5) is 23.5. The fourth-order valence-corrected chi connectivity index (χ4v) is 3.11. The van der Waals surface area contributed by atoms with Crippen LogP contribution >= 0.6 is 0 Å². The lowest BCUT2D eigenvalue weighted by molar-refractivity contribution is -0.117. The van der Waals surface area contributed by atoms with E-state index < -0.39 is 11.9 Å². The molecule has 1 fully saturated rings. The fourth-order valence-electron chi connectivity index (χ4n) is 3.11. The van der Waals surface area contributed by atoms with Gasteiger partial charge in [-0.3, -0.25) is 4.79 Å². The smallest absolute Gasteiger partial charge is 0.335 e. The summed E-state index contributed by atoms with van der Waals surface area (Å²) in [6.07, 6.45) is 3.22. The highest BCUT2D eigenvalue weighted by Crippen LogP contribution is 2.28. The maximum absolute atomic E-state index is 12.2. The van der Waals surface area contributed by atoms with Gasteiger partial charge >= 0.3 is 5.97 Å². The zero-order chi connectivity index (χ0) is 20.1. The number of furan rings is 1. The first kappa shape index (κ1) is 19.4. The van der Waals surface area contributed by atoms with Crippen molar-refractivity contribution in [3.63, 3.8) is 0 Å². The Labute approximate surface area is 162 Å². The first-order valence-corrected chi connectivity index (χ1v) is 8.94. The van der Waals surface area contributed by atoms with Gasteiger partial charge in [0.1, 0.15) is 23.2 Å². The normalized spacial score (nSPS) is 16.6. The van der Waals surface area contributed by atoms with E-state index in [0.717, 1.165) is 12.8 Å². The highest BCUT2D eigenvalue weighted by Gasteiger charge is 2.18. The van der Waals surface area contributed by atoms with Crippen LogP contribution < -0.4 is 5.32 Å². The number of carboxylic acids is 1. The Bertz CT molecular complexity index is 961. The summed E-state index contributed by atoms with van der Waals surface area (Å²) >= 11 is 0. The summed E-state index contributed by atoms with van der Waals surface area (Å²) in [6.45, 7) is 2.76. The molecule has 144 valence electrons. The number of carboxylic acid groups (broad SMARTS) is 1. The minimum atomic E-state index is -1.01. The Morgan fingerprint density at radius 1 is 1.36 bits per heavy atom. The number of nitrogens with zero attached hydrogens (tertiary/aromatic N) is 1. The van der Waals surface area contributed by atoms with Crippen molar-refractivity contribution in [1.82, 2.24) is 5.32 Å². The molecular formula is C21H20N2O5. The van der Waals surface area contributed by atoms with E-state index in [1.54, 1.807) is 31.2 Å². The Kier molecular flexibility index (Phi) is 5.92. The average molecular weight is 380 g/mol. The number of carbonyl (C=O) groups excluding carboxylic acids is 1. The monoisotopic (exact) mass is 380 g/mol. The third kappa shape index (κ3) is 4.30. The van der Waals surface area contributed by atoms with Crippen molar-refractivity contribution in [2.45, 2.75) is 25.9 Å². The molecule has 0 unspecified atom stereocenters. The molecule has 0 bridgehead atoms. The second-order valence-electron chi connectivity index (χ2n) is 6.50. The van der Waals surface area contributed by atoms with Crippen molar-refractivity contribution in [3.8, 4) is 17.4 Å². The van der Waals surface area contributed by atoms with Gasteiger partial charge < -0.3 is 19.6 Å². The Hall–Kier alpha value is -3.37. The summed E-state index contributed by atoms with van der Waals surface area (Å²) in [6, 6.07) is 10.1. The Morgan fingerprint density at radius 3 is 2.86 bits per heavy atom. The standard InChI is InChI=1S/C21H20N2O5/c1-13-17(5-2-6-18(13)21(25)26)19-8-7-15(28-19)10-14(11-22)20(24)23-12-16-4-3-9-27-16/h2,5-8,10,16H,3-4,9,12H2,1H3,(H,23,24)(H,25,26)/b14-10-/t16-/m1/s1. The molecule has 2 heterocycles. The molecule has 3 rings (SSSR count). The topological polar surface area (TPSA) is 113 Å². The largest absolute Gasteiger partial charge is 0.478 e. The van der Waals surface area contributed by atoms with Crippen molar-refractivity contribution in [1.29, 1.82) is 5.26 Å². The Balaban J connectivity index is 1.77. The van der Waals surface area contributed by atoms with E-state index in [1.807, 2.05) is 6.07 Å². The molecule has 0 spiro atoms. The minimum absolute atomic E-state index is 0.0106. The molecule has 0 saturated carbocycles. The number of rotatable bonds is 6. The number of amides is 1. The lowest BCUT2D eigenvalue weighted by atomic mass is 10.0. The SMILES string of the molecule is Cc1c(C(=O)O)cccc1-c1ccc(/C=C(/C#N)C(=O)NC[C@H]2CCCO2)o1. The van der Waals surface area contributed by atoms with Crippen molar-refractivity contribution in [2.24, 2.45) is 0 Å². The molecule has 1 aromatic heterocycles. The molecule has 28 heavy (non-hydrogen) atoms. The molecule has 2 aromatic rings. The van der Waals surface area contributed by atoms with E-state index >= 15 is 0 Å². The minimum Gasteiger partial charge on any atom is -0.478 e. The van der Waals surface area contributed by atoms with Crippen molar-refractivity contribution in [3.05, 3.63) is 52.8 Å². The molecule has 7 heteroatoms. The van der Waals surface area contributed by atoms with Crippen LogP contribution in [0.5, 0.6) is 0 Å². The van der Waals surface area contributed by atoms with Crippen LogP contribution in [0.3, 0.4) is 0 Å². The lowest BCUT2D eigenvalue weighted by Crippen LogP contribution is -2.32. The molecule has 1 saturated heterocycles. The maximum atomic E-state index is 12.2. The van der Waals surface area contributed by atoms with Crippen LogP contribution in [-0.4, -0.2) is 36.2 Å². The predicted molar refractivity (Wildman–Crippen MR) is 101 cm³/mol. The molecular weight excluding hydrogens is 360 g/mol. The van der Waals surface area contributed by atoms with E-state index in [4.69, 9.17) is 9.15 Å². The van der Waals surface area contributed by atoms with Gasteiger partial charge in [0.15, 0.2) is 0 Å². The van der Waals surface area contributed by atoms with E-state index in [9.17, 15) is 20.0 Å². The van der Waals surface area contributed by atoms with Crippen LogP contribution in [0.15, 0.2) is 40.3 Å². The van der Waals surface area contributed by atoms with Gasteiger partial charge in [-0.1, -0.05) is 12.1 Å². The molecule has 2 N–H and O–H groups in total. The van der Waals surface area contributed by atoms with E-state index in [1.165, 1.54) is 12.1 Å². The summed E-state index contributed by atoms with van der Waals surface area (Å²) in [5, 5.41) is 21.3. The van der Waals surface area contributed by atoms with Gasteiger partial charge in [0.25, 0.3) is 5.91 Å². The van der Waals surface area contributed by atoms with Crippen molar-refractivity contribution >= 4 is 18.0 Å². The third-order valence-electron chi connectivity index (χ3n) is 4.62. The highest BCUT2D eigenvalue weighted by molar-refractivity contribution is 6.01. The van der Waals surface area contributed by atoms with Gasteiger partial charge in [-0.05, 0) is 43.5 Å². The van der Waals surface area contributed by atoms with Crippen molar-refractivity contribution < 1.29 is 23.8 Å². The van der Waals surface area contributed by atoms with Crippen LogP contribution in [0.4, 0.5) is 0 Å². The highest BCUT2D eigenvalue weighted by atomic mass is 16.5. The number of hydrogen-bond acceptors (Lipinski definition) is 5. The number of aromatic carboxylic acids is 1. The summed E-state index contributed by atoms with van der Waals surface area (Å²) in [5.41, 5.74) is 1.34. The number of hydrogen-bond donors (Lipinski definition) is 2. The third-order valence-corrected chi connectivity index (χ3v) is 4.62. The van der Waals surface area contributed by atoms with Crippen LogP contribution in [-0.2, 0) is 9.53 Å². The maximum Gasteiger partial charge on any atom is 0.335 e. The summed E-state index contributed by atoms with van der Waals surface area (Å²) in [7, 11) is 0. The van der Waals surface area contributed by atoms with Crippen LogP contribution in [0.25, 0.3) is 17.4 Å². The number of nitrogens with one attached hydrogen (secondary N) is 1. The van der Waals surface area contributed by atoms with E-state index in [0.29, 0.717) is 35.8 Å². The molecule has 0 radical (unpaired) electrons. The second-order valence-corrected chi connectivity index (χ2v) is 6.50. The molecule has 1 aromatic carbocycles. The number of carbonyl (C=O) groups is 2. The van der Waals surface area contributed by atoms with Gasteiger partial charge in [0.05, 0.1) is 11.7 Å². The van der Waals surface area contributed by atoms with Gasteiger partial charge in [-0.15, -0.1) is 0 Å². The molecule has 1 amide bonds. The summed E-state index contributed by atoms with van der Waals surface area (Å²) < 4.78 is 11.2. The fraction of sp³-hybridized carbons (Fsp3) is 0.286. The van der Waals surface area contributed by atoms with E-state index in [-0.39, 0.29) is 17.2 Å². The van der Waals surface area contributed by atoms with Crippen LogP contribution in [0, 0.1) is 18.3 Å². The van der Waals surface area contributed by atoms with Gasteiger partial charge in [-0.2, -0.15) is 5.26 Å². The van der Waals surface area contributed by atoms with Gasteiger partial charge in [0, 0.05) is 24.8 Å². The van der Waals surface area contributed by atoms with Crippen LogP contribution in [0.1, 0.15) is 34.5 Å². The van der Waals surface area contributed by atoms with Gasteiger partial charge in [-0.25, -0.2) is 4.79 Å². The molecule has 7 nitrogen and oxygen atoms in total. The van der Waals surface area contributed by atoms with Crippen molar-refractivity contribution in [2.75, 3.05) is 13.2 Å². The lowest BCUT2D eigenvalue weighted by Gasteiger charge is -2.09. The van der Waals surface area contributed by atoms with E-state index in [2.05, 4.69) is 5.32 Å². The first-order valence-electron chi connectivity index (χ1n) is 8.94.